The summed E-state index contributed by atoms with van der Waals surface area (Å²) in [6.45, 7) is 4.76. The number of furan rings is 1. The van der Waals surface area contributed by atoms with E-state index in [4.69, 9.17) is 4.42 Å². The molecule has 0 aliphatic heterocycles. The van der Waals surface area contributed by atoms with Crippen LogP contribution in [0.3, 0.4) is 0 Å². The Bertz CT molecular complexity index is 1070. The Hall–Kier alpha value is -3.08. The molecule has 0 fully saturated rings. The number of aryl methyl sites for hydroxylation is 3. The molecule has 0 aliphatic rings. The fourth-order valence-electron chi connectivity index (χ4n) is 3.32. The molecule has 4 aromatic rings. The van der Waals surface area contributed by atoms with Crippen LogP contribution in [0.1, 0.15) is 28.9 Å². The van der Waals surface area contributed by atoms with E-state index in [1.807, 2.05) is 30.3 Å². The molecule has 0 aliphatic carbocycles. The van der Waals surface area contributed by atoms with Crippen LogP contribution in [0.4, 0.5) is 0 Å². The van der Waals surface area contributed by atoms with Gasteiger partial charge in [0.2, 0.25) is 5.91 Å². The molecule has 138 valence electrons. The third kappa shape index (κ3) is 3.72. The van der Waals surface area contributed by atoms with Crippen LogP contribution in [0.2, 0.25) is 0 Å². The van der Waals surface area contributed by atoms with Crippen LogP contribution in [0.25, 0.3) is 22.0 Å². The Morgan fingerprint density at radius 1 is 1.19 bits per heavy atom. The lowest BCUT2D eigenvalue weighted by Crippen LogP contribution is -2.26. The summed E-state index contributed by atoms with van der Waals surface area (Å²) < 4.78 is 5.61. The van der Waals surface area contributed by atoms with Gasteiger partial charge < -0.3 is 14.7 Å². The number of fused-ring (bicyclic) bond motifs is 2. The molecule has 0 spiro atoms. The van der Waals surface area contributed by atoms with Crippen LogP contribution in [0, 0.1) is 13.8 Å². The van der Waals surface area contributed by atoms with Gasteiger partial charge >= 0.3 is 0 Å². The molecule has 4 rings (SSSR count). The molecule has 2 aromatic heterocycles. The smallest absolute Gasteiger partial charge is 0.224 e. The Balaban J connectivity index is 1.30. The van der Waals surface area contributed by atoms with Gasteiger partial charge in [-0.05, 0) is 55.7 Å². The average molecular weight is 361 g/mol. The van der Waals surface area contributed by atoms with Crippen LogP contribution >= 0.6 is 0 Å². The number of aromatic nitrogens is 2. The first kappa shape index (κ1) is 17.3. The number of aromatic amines is 1. The predicted molar refractivity (Wildman–Crippen MR) is 107 cm³/mol. The molecular formula is C22H23N3O2. The van der Waals surface area contributed by atoms with Crippen molar-refractivity contribution in [1.82, 2.24) is 15.3 Å². The summed E-state index contributed by atoms with van der Waals surface area (Å²) in [7, 11) is 0. The van der Waals surface area contributed by atoms with Crippen molar-refractivity contribution in [1.29, 1.82) is 0 Å². The number of carbonyl (C=O) groups is 1. The second-order valence-corrected chi connectivity index (χ2v) is 7.02. The summed E-state index contributed by atoms with van der Waals surface area (Å²) in [4.78, 5) is 20.2. The third-order valence-electron chi connectivity index (χ3n) is 4.97. The number of benzene rings is 2. The molecule has 0 unspecified atom stereocenters. The highest BCUT2D eigenvalue weighted by Gasteiger charge is 2.11. The minimum atomic E-state index is 0.0144. The van der Waals surface area contributed by atoms with Crippen molar-refractivity contribution in [3.05, 3.63) is 65.2 Å². The van der Waals surface area contributed by atoms with Gasteiger partial charge in [0, 0.05) is 23.9 Å². The van der Waals surface area contributed by atoms with E-state index in [0.717, 1.165) is 46.2 Å². The van der Waals surface area contributed by atoms with E-state index in [-0.39, 0.29) is 5.91 Å². The number of rotatable bonds is 6. The highest BCUT2D eigenvalue weighted by molar-refractivity contribution is 5.88. The van der Waals surface area contributed by atoms with Gasteiger partial charge in [0.05, 0.1) is 23.7 Å². The van der Waals surface area contributed by atoms with E-state index in [0.29, 0.717) is 13.0 Å². The van der Waals surface area contributed by atoms with Crippen molar-refractivity contribution in [3.8, 4) is 0 Å². The van der Waals surface area contributed by atoms with Crippen molar-refractivity contribution in [2.45, 2.75) is 33.1 Å². The largest absolute Gasteiger partial charge is 0.464 e. The minimum Gasteiger partial charge on any atom is -0.464 e. The molecule has 0 bridgehead atoms. The van der Waals surface area contributed by atoms with Gasteiger partial charge in [0.25, 0.3) is 0 Å². The first-order valence-electron chi connectivity index (χ1n) is 9.28. The SMILES string of the molecule is Cc1cc2occ(CC(=O)NCCCc3nc4ccccc4[nH]3)c2cc1C. The molecule has 2 N–H and O–H groups in total. The van der Waals surface area contributed by atoms with Gasteiger partial charge in [0.15, 0.2) is 0 Å². The lowest BCUT2D eigenvalue weighted by molar-refractivity contribution is -0.120. The van der Waals surface area contributed by atoms with Crippen LogP contribution in [0.15, 0.2) is 47.1 Å². The summed E-state index contributed by atoms with van der Waals surface area (Å²) in [6.07, 6.45) is 3.68. The summed E-state index contributed by atoms with van der Waals surface area (Å²) in [5.41, 5.74) is 6.20. The quantitative estimate of drug-likeness (QED) is 0.505. The third-order valence-corrected chi connectivity index (χ3v) is 4.97. The van der Waals surface area contributed by atoms with Crippen molar-refractivity contribution in [3.63, 3.8) is 0 Å². The topological polar surface area (TPSA) is 70.9 Å². The van der Waals surface area contributed by atoms with Gasteiger partial charge in [-0.3, -0.25) is 4.79 Å². The van der Waals surface area contributed by atoms with Crippen molar-refractivity contribution >= 4 is 27.9 Å². The van der Waals surface area contributed by atoms with Crippen LogP contribution in [-0.2, 0) is 17.6 Å². The maximum Gasteiger partial charge on any atom is 0.224 e. The van der Waals surface area contributed by atoms with Crippen LogP contribution in [0.5, 0.6) is 0 Å². The van der Waals surface area contributed by atoms with E-state index in [1.54, 1.807) is 6.26 Å². The van der Waals surface area contributed by atoms with Crippen molar-refractivity contribution < 1.29 is 9.21 Å². The Labute approximate surface area is 157 Å². The molecule has 0 saturated carbocycles. The number of imidazole rings is 1. The number of carbonyl (C=O) groups excluding carboxylic acids is 1. The number of para-hydroxylation sites is 2. The second kappa shape index (κ2) is 7.27. The molecule has 5 heteroatoms. The molecule has 0 radical (unpaired) electrons. The Kier molecular flexibility index (Phi) is 4.67. The second-order valence-electron chi connectivity index (χ2n) is 7.02. The number of nitrogens with one attached hydrogen (secondary N) is 2. The van der Waals surface area contributed by atoms with Gasteiger partial charge in [-0.1, -0.05) is 12.1 Å². The normalized spacial score (nSPS) is 11.3. The Morgan fingerprint density at radius 3 is 2.85 bits per heavy atom. The molecule has 2 heterocycles. The summed E-state index contributed by atoms with van der Waals surface area (Å²) in [6, 6.07) is 12.1. The molecule has 5 nitrogen and oxygen atoms in total. The number of hydrogen-bond donors (Lipinski definition) is 2. The maximum absolute atomic E-state index is 12.3. The lowest BCUT2D eigenvalue weighted by atomic mass is 10.0. The van der Waals surface area contributed by atoms with Crippen molar-refractivity contribution in [2.24, 2.45) is 0 Å². The van der Waals surface area contributed by atoms with E-state index < -0.39 is 0 Å². The van der Waals surface area contributed by atoms with Crippen molar-refractivity contribution in [2.75, 3.05) is 6.54 Å². The molecule has 0 atom stereocenters. The molecule has 27 heavy (non-hydrogen) atoms. The zero-order valence-corrected chi connectivity index (χ0v) is 15.6. The van der Waals surface area contributed by atoms with Gasteiger partial charge in [0.1, 0.15) is 11.4 Å². The minimum absolute atomic E-state index is 0.0144. The van der Waals surface area contributed by atoms with Crippen LogP contribution < -0.4 is 5.32 Å². The average Bonchev–Trinajstić information content (AvgIpc) is 3.23. The molecule has 1 amide bonds. The lowest BCUT2D eigenvalue weighted by Gasteiger charge is -2.04. The van der Waals surface area contributed by atoms with E-state index in [2.05, 4.69) is 35.2 Å². The summed E-state index contributed by atoms with van der Waals surface area (Å²) >= 11 is 0. The first-order valence-corrected chi connectivity index (χ1v) is 9.28. The van der Waals surface area contributed by atoms with Crippen LogP contribution in [-0.4, -0.2) is 22.4 Å². The number of H-pyrrole nitrogens is 1. The number of nitrogens with zero attached hydrogens (tertiary/aromatic N) is 1. The molecular weight excluding hydrogens is 338 g/mol. The van der Waals surface area contributed by atoms with E-state index >= 15 is 0 Å². The fraction of sp³-hybridized carbons (Fsp3) is 0.273. The molecule has 0 saturated heterocycles. The monoisotopic (exact) mass is 361 g/mol. The highest BCUT2D eigenvalue weighted by Crippen LogP contribution is 2.25. The fourth-order valence-corrected chi connectivity index (χ4v) is 3.32. The maximum atomic E-state index is 12.3. The summed E-state index contributed by atoms with van der Waals surface area (Å²) in [5.74, 6) is 0.970. The standard InChI is InChI=1S/C22H23N3O2/c1-14-10-17-16(13-27-20(17)11-15(14)2)12-22(26)23-9-5-8-21-24-18-6-3-4-7-19(18)25-21/h3-4,6-7,10-11,13H,5,8-9,12H2,1-2H3,(H,23,26)(H,24,25). The zero-order valence-electron chi connectivity index (χ0n) is 15.6. The van der Waals surface area contributed by atoms with E-state index in [1.165, 1.54) is 11.1 Å². The predicted octanol–water partition coefficient (Wildman–Crippen LogP) is 4.22. The Morgan fingerprint density at radius 2 is 2.00 bits per heavy atom. The highest BCUT2D eigenvalue weighted by atomic mass is 16.3. The summed E-state index contributed by atoms with van der Waals surface area (Å²) in [5, 5.41) is 4.02. The van der Waals surface area contributed by atoms with Gasteiger partial charge in [-0.25, -0.2) is 4.98 Å². The molecule has 2 aromatic carbocycles. The number of amides is 1. The number of hydrogen-bond acceptors (Lipinski definition) is 3. The van der Waals surface area contributed by atoms with Gasteiger partial charge in [-0.15, -0.1) is 0 Å². The first-order chi connectivity index (χ1) is 13.1. The van der Waals surface area contributed by atoms with Gasteiger partial charge in [-0.2, -0.15) is 0 Å². The van der Waals surface area contributed by atoms with E-state index in [9.17, 15) is 4.79 Å². The zero-order chi connectivity index (χ0) is 18.8.